The summed E-state index contributed by atoms with van der Waals surface area (Å²) in [5, 5.41) is 16.3. The molecule has 1 aliphatic rings. The minimum absolute atomic E-state index is 0.160. The summed E-state index contributed by atoms with van der Waals surface area (Å²) < 4.78 is 5.86. The maximum atomic E-state index is 7.70. The summed E-state index contributed by atoms with van der Waals surface area (Å²) in [5.74, 6) is 0.735. The molecule has 2 aromatic heterocycles. The number of H-pyrrole nitrogens is 1. The van der Waals surface area contributed by atoms with E-state index >= 15 is 0 Å². The molecule has 2 atom stereocenters. The van der Waals surface area contributed by atoms with Crippen molar-refractivity contribution >= 4 is 29.1 Å². The molecule has 1 saturated heterocycles. The molecule has 8 heteroatoms. The second-order valence-electron chi connectivity index (χ2n) is 7.47. The summed E-state index contributed by atoms with van der Waals surface area (Å²) >= 11 is 0. The zero-order chi connectivity index (χ0) is 20.9. The molecule has 156 valence electrons. The minimum atomic E-state index is -0.160. The van der Waals surface area contributed by atoms with Crippen molar-refractivity contribution in [2.45, 2.75) is 31.8 Å². The van der Waals surface area contributed by atoms with Crippen LogP contribution in [0, 0.1) is 5.41 Å². The van der Waals surface area contributed by atoms with E-state index in [4.69, 9.17) is 10.1 Å². The van der Waals surface area contributed by atoms with Gasteiger partial charge >= 0.3 is 0 Å². The molecule has 0 saturated carbocycles. The molecule has 0 amide bonds. The van der Waals surface area contributed by atoms with Crippen LogP contribution in [-0.2, 0) is 4.74 Å². The van der Waals surface area contributed by atoms with Crippen molar-refractivity contribution in [2.75, 3.05) is 31.6 Å². The molecule has 1 fully saturated rings. The van der Waals surface area contributed by atoms with Gasteiger partial charge in [0.05, 0.1) is 29.8 Å². The van der Waals surface area contributed by atoms with Crippen LogP contribution in [0.2, 0.25) is 0 Å². The van der Waals surface area contributed by atoms with Crippen LogP contribution in [0.3, 0.4) is 0 Å². The molecular formula is C22H27N7O. The number of aromatic amines is 1. The van der Waals surface area contributed by atoms with E-state index in [0.717, 1.165) is 59.6 Å². The van der Waals surface area contributed by atoms with Crippen molar-refractivity contribution in [3.63, 3.8) is 0 Å². The fraction of sp³-hybridized carbons (Fsp3) is 0.409. The third-order valence-corrected chi connectivity index (χ3v) is 5.43. The molecule has 2 unspecified atom stereocenters. The van der Waals surface area contributed by atoms with Crippen molar-refractivity contribution in [3.8, 4) is 11.4 Å². The Kier molecular flexibility index (Phi) is 6.13. The second kappa shape index (κ2) is 9.13. The van der Waals surface area contributed by atoms with Crippen LogP contribution >= 0.6 is 0 Å². The van der Waals surface area contributed by atoms with Crippen LogP contribution in [0.4, 0.5) is 5.82 Å². The highest BCUT2D eigenvalue weighted by Gasteiger charge is 2.22. The van der Waals surface area contributed by atoms with Crippen molar-refractivity contribution in [2.24, 2.45) is 4.99 Å². The number of hydrogen-bond donors (Lipinski definition) is 2. The third-order valence-electron chi connectivity index (χ3n) is 5.43. The number of aromatic nitrogens is 4. The highest BCUT2D eigenvalue weighted by molar-refractivity contribution is 5.95. The Morgan fingerprint density at radius 1 is 1.37 bits per heavy atom. The van der Waals surface area contributed by atoms with Gasteiger partial charge in [0.2, 0.25) is 0 Å². The smallest absolute Gasteiger partial charge is 0.132 e. The van der Waals surface area contributed by atoms with E-state index in [-0.39, 0.29) is 12.0 Å². The maximum absolute atomic E-state index is 7.70. The Bertz CT molecular complexity index is 1040. The molecule has 1 aliphatic heterocycles. The molecule has 4 rings (SSSR count). The summed E-state index contributed by atoms with van der Waals surface area (Å²) in [4.78, 5) is 15.3. The lowest BCUT2D eigenvalue weighted by atomic mass is 9.99. The molecule has 0 aliphatic carbocycles. The molecule has 0 bridgehead atoms. The van der Waals surface area contributed by atoms with Crippen molar-refractivity contribution in [1.29, 1.82) is 5.41 Å². The number of morpholine rings is 1. The van der Waals surface area contributed by atoms with E-state index in [1.807, 2.05) is 18.2 Å². The minimum Gasteiger partial charge on any atom is -0.375 e. The molecule has 3 heterocycles. The Morgan fingerprint density at radius 3 is 3.07 bits per heavy atom. The quantitative estimate of drug-likeness (QED) is 0.586. The predicted octanol–water partition coefficient (Wildman–Crippen LogP) is 3.46. The van der Waals surface area contributed by atoms with Crippen LogP contribution < -0.4 is 4.90 Å². The summed E-state index contributed by atoms with van der Waals surface area (Å²) in [5.41, 5.74) is 3.49. The lowest BCUT2D eigenvalue weighted by molar-refractivity contribution is 0.0346. The summed E-state index contributed by atoms with van der Waals surface area (Å²) in [6, 6.07) is 8.03. The zero-order valence-electron chi connectivity index (χ0n) is 17.4. The second-order valence-corrected chi connectivity index (χ2v) is 7.47. The van der Waals surface area contributed by atoms with Gasteiger partial charge in [0, 0.05) is 44.0 Å². The van der Waals surface area contributed by atoms with Crippen molar-refractivity contribution < 1.29 is 4.74 Å². The zero-order valence-corrected chi connectivity index (χ0v) is 17.4. The topological polar surface area (TPSA) is 103 Å². The Balaban J connectivity index is 1.67. The maximum Gasteiger partial charge on any atom is 0.132 e. The van der Waals surface area contributed by atoms with Crippen molar-refractivity contribution in [3.05, 3.63) is 36.2 Å². The Hall–Kier alpha value is -3.13. The van der Waals surface area contributed by atoms with Gasteiger partial charge in [-0.25, -0.2) is 9.97 Å². The monoisotopic (exact) mass is 405 g/mol. The van der Waals surface area contributed by atoms with E-state index < -0.39 is 0 Å². The van der Waals surface area contributed by atoms with Crippen LogP contribution in [0.5, 0.6) is 0 Å². The highest BCUT2D eigenvalue weighted by Crippen LogP contribution is 2.29. The van der Waals surface area contributed by atoms with Gasteiger partial charge in [0.1, 0.15) is 17.8 Å². The van der Waals surface area contributed by atoms with Crippen LogP contribution in [0.1, 0.15) is 31.2 Å². The number of hydrogen-bond acceptors (Lipinski definition) is 7. The van der Waals surface area contributed by atoms with Gasteiger partial charge in [-0.05, 0) is 24.1 Å². The van der Waals surface area contributed by atoms with Gasteiger partial charge in [-0.2, -0.15) is 5.10 Å². The Labute approximate surface area is 175 Å². The van der Waals surface area contributed by atoms with E-state index in [9.17, 15) is 0 Å². The van der Waals surface area contributed by atoms with E-state index in [0.29, 0.717) is 6.61 Å². The Morgan fingerprint density at radius 2 is 2.27 bits per heavy atom. The molecule has 3 aromatic rings. The normalized spacial score (nSPS) is 18.2. The summed E-state index contributed by atoms with van der Waals surface area (Å²) in [7, 11) is 1.72. The predicted molar refractivity (Wildman–Crippen MR) is 120 cm³/mol. The largest absolute Gasteiger partial charge is 0.375 e. The standard InChI is InChI=1S/C22H27N7O/c1-3-4-17-13-29(7-8-30-17)21-10-20(25-14-26-21)22-18-9-15(16(11-23)12-24-2)5-6-19(18)27-28-22/h5-6,9-12,14,16-17,23H,3-4,7-8,13H2,1-2H3,(H,27,28). The SMILES string of the molecule is CCCC1CN(c2cc(-c3n[nH]c4ccc(C(C=N)C=NC)cc34)ncn2)CCO1. The number of benzene rings is 1. The number of nitrogens with one attached hydrogen (secondary N) is 2. The fourth-order valence-electron chi connectivity index (χ4n) is 3.89. The molecule has 30 heavy (non-hydrogen) atoms. The number of rotatable bonds is 7. The van der Waals surface area contributed by atoms with Gasteiger partial charge in [-0.3, -0.25) is 10.1 Å². The van der Waals surface area contributed by atoms with Crippen LogP contribution in [0.25, 0.3) is 22.3 Å². The lowest BCUT2D eigenvalue weighted by Gasteiger charge is -2.33. The number of anilines is 1. The molecule has 2 N–H and O–H groups in total. The third kappa shape index (κ3) is 4.09. The molecule has 0 radical (unpaired) electrons. The summed E-state index contributed by atoms with van der Waals surface area (Å²) in [6.07, 6.45) is 7.16. The van der Waals surface area contributed by atoms with E-state index in [1.165, 1.54) is 6.21 Å². The lowest BCUT2D eigenvalue weighted by Crippen LogP contribution is -2.42. The van der Waals surface area contributed by atoms with Gasteiger partial charge in [0.15, 0.2) is 0 Å². The average molecular weight is 406 g/mol. The highest BCUT2D eigenvalue weighted by atomic mass is 16.5. The number of aliphatic imine (C=N–C) groups is 1. The summed E-state index contributed by atoms with van der Waals surface area (Å²) in [6.45, 7) is 4.55. The number of ether oxygens (including phenoxy) is 1. The first kappa shape index (κ1) is 20.2. The van der Waals surface area contributed by atoms with Gasteiger partial charge in [-0.15, -0.1) is 0 Å². The van der Waals surface area contributed by atoms with E-state index in [2.05, 4.69) is 43.0 Å². The molecular weight excluding hydrogens is 378 g/mol. The first-order valence-corrected chi connectivity index (χ1v) is 10.3. The van der Waals surface area contributed by atoms with Gasteiger partial charge in [-0.1, -0.05) is 19.4 Å². The number of nitrogens with zero attached hydrogens (tertiary/aromatic N) is 5. The first-order chi connectivity index (χ1) is 14.7. The number of fused-ring (bicyclic) bond motifs is 1. The molecule has 0 spiro atoms. The van der Waals surface area contributed by atoms with Crippen molar-refractivity contribution in [1.82, 2.24) is 20.2 Å². The van der Waals surface area contributed by atoms with Crippen LogP contribution in [-0.4, -0.2) is 65.4 Å². The van der Waals surface area contributed by atoms with Gasteiger partial charge < -0.3 is 15.0 Å². The average Bonchev–Trinajstić information content (AvgIpc) is 3.21. The first-order valence-electron chi connectivity index (χ1n) is 10.3. The fourth-order valence-corrected chi connectivity index (χ4v) is 3.89. The molecule has 8 nitrogen and oxygen atoms in total. The van der Waals surface area contributed by atoms with Gasteiger partial charge in [0.25, 0.3) is 0 Å². The molecule has 1 aromatic carbocycles. The van der Waals surface area contributed by atoms with Crippen LogP contribution in [0.15, 0.2) is 35.6 Å². The van der Waals surface area contributed by atoms with E-state index in [1.54, 1.807) is 19.6 Å².